The van der Waals surface area contributed by atoms with E-state index in [9.17, 15) is 0 Å². The van der Waals surface area contributed by atoms with Crippen LogP contribution in [0.1, 0.15) is 69.2 Å². The van der Waals surface area contributed by atoms with Crippen molar-refractivity contribution < 1.29 is 35.9 Å². The molecular weight excluding hydrogens is 524 g/mol. The Kier molecular flexibility index (Phi) is 8.80. The van der Waals surface area contributed by atoms with Gasteiger partial charge in [0.15, 0.2) is 0 Å². The molecule has 162 valence electrons. The van der Waals surface area contributed by atoms with E-state index in [4.69, 9.17) is 20.0 Å². The third-order valence-corrected chi connectivity index (χ3v) is 26.2. The first kappa shape index (κ1) is 26.7. The third-order valence-electron chi connectivity index (χ3n) is 2.36. The van der Waals surface area contributed by atoms with Crippen molar-refractivity contribution in [3.05, 3.63) is 0 Å². The van der Waals surface area contributed by atoms with Crippen LogP contribution in [-0.4, -0.2) is 38.8 Å². The van der Waals surface area contributed by atoms with Gasteiger partial charge in [-0.05, 0) is 0 Å². The van der Waals surface area contributed by atoms with Gasteiger partial charge in [0, 0.05) is 0 Å². The summed E-state index contributed by atoms with van der Waals surface area (Å²) in [5.74, 6) is 0. The summed E-state index contributed by atoms with van der Waals surface area (Å²) in [5, 5.41) is 0. The molecule has 8 heteroatoms. The first-order chi connectivity index (χ1) is 11.4. The number of hydrogen-bond donors (Lipinski definition) is 0. The molecule has 0 aromatic heterocycles. The standard InChI is InChI=1S/C3H9OSi.5C3H7O.W/c1-5(2,3)4;5*1-3(2)4;/h1-3H3;5*3H,1-2H3;/q6*-1;+6. The molecule has 0 heterocycles. The van der Waals surface area contributed by atoms with Gasteiger partial charge < -0.3 is 0 Å². The van der Waals surface area contributed by atoms with Crippen LogP contribution in [0.4, 0.5) is 0 Å². The number of hydrogen-bond acceptors (Lipinski definition) is 6. The van der Waals surface area contributed by atoms with Gasteiger partial charge in [0.2, 0.25) is 0 Å². The maximum absolute atomic E-state index is 6.78. The summed E-state index contributed by atoms with van der Waals surface area (Å²) < 4.78 is 39.6. The van der Waals surface area contributed by atoms with Gasteiger partial charge in [0.1, 0.15) is 0 Å². The van der Waals surface area contributed by atoms with E-state index in [0.717, 1.165) is 0 Å². The van der Waals surface area contributed by atoms with Crippen molar-refractivity contribution in [1.82, 2.24) is 0 Å². The Labute approximate surface area is 163 Å². The SMILES string of the molecule is CC(C)[O][W]([O]C(C)C)([O]C(C)C)([O]C(C)C)([O]C(C)C)[O][Si](C)(C)C. The summed E-state index contributed by atoms with van der Waals surface area (Å²) in [6.07, 6.45) is -1.40. The Hall–Kier alpha value is 0.665. The van der Waals surface area contributed by atoms with E-state index in [2.05, 4.69) is 19.6 Å². The fourth-order valence-corrected chi connectivity index (χ4v) is 32.9. The Morgan fingerprint density at radius 2 is 0.654 bits per heavy atom. The molecule has 0 atom stereocenters. The Balaban J connectivity index is 7.17. The molecule has 0 fully saturated rings. The second kappa shape index (κ2) is 8.58. The molecule has 0 aromatic carbocycles. The van der Waals surface area contributed by atoms with E-state index in [1.165, 1.54) is 0 Å². The zero-order valence-corrected chi connectivity index (χ0v) is 23.2. The van der Waals surface area contributed by atoms with Gasteiger partial charge in [0.05, 0.1) is 0 Å². The average molecular weight is 568 g/mol. The van der Waals surface area contributed by atoms with Crippen LogP contribution in [0.3, 0.4) is 0 Å². The summed E-state index contributed by atoms with van der Waals surface area (Å²) in [6.45, 7) is 25.4. The van der Waals surface area contributed by atoms with Crippen LogP contribution in [0.2, 0.25) is 19.6 Å². The van der Waals surface area contributed by atoms with Gasteiger partial charge in [-0.15, -0.1) is 0 Å². The van der Waals surface area contributed by atoms with E-state index < -0.39 is 24.2 Å². The van der Waals surface area contributed by atoms with Crippen molar-refractivity contribution in [2.24, 2.45) is 0 Å². The van der Waals surface area contributed by atoms with Crippen molar-refractivity contribution in [3.63, 3.8) is 0 Å². The Bertz CT molecular complexity index is 374. The molecular formula is C18H44O6SiW. The van der Waals surface area contributed by atoms with E-state index in [0.29, 0.717) is 0 Å². The molecule has 0 saturated carbocycles. The molecule has 0 spiro atoms. The minimum absolute atomic E-state index is 0.280. The molecule has 0 aliphatic rings. The quantitative estimate of drug-likeness (QED) is 0.283. The topological polar surface area (TPSA) is 55.4 Å². The molecule has 26 heavy (non-hydrogen) atoms. The fraction of sp³-hybridized carbons (Fsp3) is 1.00. The van der Waals surface area contributed by atoms with Gasteiger partial charge in [-0.3, -0.25) is 0 Å². The molecule has 0 radical (unpaired) electrons. The molecule has 0 rings (SSSR count). The summed E-state index contributed by atoms with van der Waals surface area (Å²) in [4.78, 5) is 0. The van der Waals surface area contributed by atoms with Crippen molar-refractivity contribution in [1.29, 1.82) is 0 Å². The van der Waals surface area contributed by atoms with E-state index >= 15 is 0 Å². The van der Waals surface area contributed by atoms with Crippen molar-refractivity contribution in [2.75, 3.05) is 0 Å². The molecule has 0 aromatic rings. The maximum atomic E-state index is 6.78. The van der Waals surface area contributed by atoms with Crippen LogP contribution < -0.4 is 0 Å². The summed E-state index contributed by atoms with van der Waals surface area (Å²) in [5.41, 5.74) is 0. The molecule has 0 saturated heterocycles. The van der Waals surface area contributed by atoms with Gasteiger partial charge in [-0.2, -0.15) is 0 Å². The first-order valence-electron chi connectivity index (χ1n) is 9.66. The fourth-order valence-electron chi connectivity index (χ4n) is 2.80. The van der Waals surface area contributed by atoms with Crippen molar-refractivity contribution in [3.8, 4) is 0 Å². The van der Waals surface area contributed by atoms with E-state index in [1.807, 2.05) is 69.2 Å². The summed E-state index contributed by atoms with van der Waals surface area (Å²) >= 11 is -6.59. The van der Waals surface area contributed by atoms with Crippen LogP contribution in [0.15, 0.2) is 0 Å². The molecule has 0 bridgehead atoms. The van der Waals surface area contributed by atoms with Gasteiger partial charge in [-0.1, -0.05) is 0 Å². The van der Waals surface area contributed by atoms with Gasteiger partial charge in [0.25, 0.3) is 0 Å². The normalized spacial score (nSPS) is 16.8. The number of rotatable bonds is 12. The van der Waals surface area contributed by atoms with Crippen LogP contribution in [0.25, 0.3) is 0 Å². The molecule has 0 aliphatic heterocycles. The monoisotopic (exact) mass is 568 g/mol. The predicted molar refractivity (Wildman–Crippen MR) is 106 cm³/mol. The predicted octanol–water partition coefficient (Wildman–Crippen LogP) is 5.68. The van der Waals surface area contributed by atoms with Gasteiger partial charge in [-0.25, -0.2) is 0 Å². The van der Waals surface area contributed by atoms with Crippen LogP contribution >= 0.6 is 0 Å². The summed E-state index contributed by atoms with van der Waals surface area (Å²) in [6, 6.07) is 0. The zero-order chi connectivity index (χ0) is 21.0. The first-order valence-corrected chi connectivity index (χ1v) is 20.2. The van der Waals surface area contributed by atoms with E-state index in [-0.39, 0.29) is 30.5 Å². The van der Waals surface area contributed by atoms with Crippen molar-refractivity contribution in [2.45, 2.75) is 119 Å². The molecule has 0 N–H and O–H groups in total. The molecule has 0 amide bonds. The van der Waals surface area contributed by atoms with Crippen molar-refractivity contribution >= 4 is 8.32 Å². The average Bonchev–Trinajstić information content (AvgIpc) is 2.16. The second-order valence-corrected chi connectivity index (χ2v) is 25.9. The Morgan fingerprint density at radius 1 is 0.462 bits per heavy atom. The molecule has 6 nitrogen and oxygen atoms in total. The Morgan fingerprint density at radius 3 is 0.769 bits per heavy atom. The summed E-state index contributed by atoms with van der Waals surface area (Å²) in [7, 11) is -2.31. The third kappa shape index (κ3) is 7.24. The minimum atomic E-state index is -6.59. The second-order valence-electron chi connectivity index (χ2n) is 8.94. The van der Waals surface area contributed by atoms with Crippen LogP contribution in [0, 0.1) is 0 Å². The van der Waals surface area contributed by atoms with Gasteiger partial charge >= 0.3 is 164 Å². The zero-order valence-electron chi connectivity index (χ0n) is 19.2. The molecule has 0 unspecified atom stereocenters. The van der Waals surface area contributed by atoms with Crippen LogP contribution in [0.5, 0.6) is 0 Å². The van der Waals surface area contributed by atoms with Crippen LogP contribution in [-0.2, 0) is 35.9 Å². The van der Waals surface area contributed by atoms with E-state index in [1.54, 1.807) is 0 Å². The molecule has 0 aliphatic carbocycles.